The largest absolute Gasteiger partial charge is 0.314 e. The molecule has 3 heteroatoms. The highest BCUT2D eigenvalue weighted by atomic mass is 35.5. The third-order valence-electron chi connectivity index (χ3n) is 3.76. The molecule has 1 saturated carbocycles. The van der Waals surface area contributed by atoms with Gasteiger partial charge < -0.3 is 5.32 Å². The van der Waals surface area contributed by atoms with E-state index in [1.54, 1.807) is 6.07 Å². The molecule has 2 rings (SSSR count). The summed E-state index contributed by atoms with van der Waals surface area (Å²) in [7, 11) is 0. The Morgan fingerprint density at radius 3 is 2.94 bits per heavy atom. The van der Waals surface area contributed by atoms with Crippen molar-refractivity contribution in [2.24, 2.45) is 0 Å². The lowest BCUT2D eigenvalue weighted by atomic mass is 9.81. The molecule has 1 aliphatic rings. The van der Waals surface area contributed by atoms with E-state index in [0.29, 0.717) is 17.0 Å². The second kappa shape index (κ2) is 6.53. The van der Waals surface area contributed by atoms with Crippen molar-refractivity contribution in [2.75, 3.05) is 6.54 Å². The van der Waals surface area contributed by atoms with Gasteiger partial charge in [-0.3, -0.25) is 0 Å². The summed E-state index contributed by atoms with van der Waals surface area (Å²) >= 11 is 5.80. The highest BCUT2D eigenvalue weighted by Crippen LogP contribution is 2.34. The van der Waals surface area contributed by atoms with E-state index >= 15 is 0 Å². The average molecular weight is 270 g/mol. The minimum atomic E-state index is -0.149. The molecule has 0 aromatic heterocycles. The molecule has 0 bridgehead atoms. The van der Waals surface area contributed by atoms with E-state index in [0.717, 1.165) is 31.4 Å². The van der Waals surface area contributed by atoms with E-state index < -0.39 is 0 Å². The summed E-state index contributed by atoms with van der Waals surface area (Å²) in [6.45, 7) is 3.23. The third-order valence-corrected chi connectivity index (χ3v) is 3.99. The third kappa shape index (κ3) is 3.46. The fourth-order valence-electron chi connectivity index (χ4n) is 2.84. The van der Waals surface area contributed by atoms with E-state index in [4.69, 9.17) is 11.6 Å². The Kier molecular flexibility index (Phi) is 5.02. The zero-order valence-electron chi connectivity index (χ0n) is 10.9. The van der Waals surface area contributed by atoms with Crippen LogP contribution in [0, 0.1) is 5.82 Å². The first kappa shape index (κ1) is 13.8. The van der Waals surface area contributed by atoms with Crippen molar-refractivity contribution < 1.29 is 4.39 Å². The van der Waals surface area contributed by atoms with Crippen LogP contribution in [0.4, 0.5) is 4.39 Å². The van der Waals surface area contributed by atoms with Crippen molar-refractivity contribution in [3.05, 3.63) is 34.6 Å². The highest BCUT2D eigenvalue weighted by molar-refractivity contribution is 6.30. The number of benzene rings is 1. The molecule has 2 unspecified atom stereocenters. The minimum Gasteiger partial charge on any atom is -0.314 e. The molecule has 1 nitrogen and oxygen atoms in total. The number of hydrogen-bond donors (Lipinski definition) is 1. The summed E-state index contributed by atoms with van der Waals surface area (Å²) in [5.41, 5.74) is 0.836. The predicted octanol–water partition coefficient (Wildman–Crippen LogP) is 4.50. The smallest absolute Gasteiger partial charge is 0.128 e. The van der Waals surface area contributed by atoms with Gasteiger partial charge in [0.1, 0.15) is 5.82 Å². The van der Waals surface area contributed by atoms with E-state index in [1.165, 1.54) is 18.9 Å². The van der Waals surface area contributed by atoms with Crippen molar-refractivity contribution in [3.8, 4) is 0 Å². The maximum absolute atomic E-state index is 13.9. The molecule has 0 spiro atoms. The first-order chi connectivity index (χ1) is 8.70. The van der Waals surface area contributed by atoms with Gasteiger partial charge in [0.2, 0.25) is 0 Å². The molecule has 0 heterocycles. The van der Waals surface area contributed by atoms with Gasteiger partial charge in [-0.05, 0) is 55.8 Å². The van der Waals surface area contributed by atoms with Crippen LogP contribution in [0.3, 0.4) is 0 Å². The quantitative estimate of drug-likeness (QED) is 0.848. The van der Waals surface area contributed by atoms with Crippen molar-refractivity contribution in [3.63, 3.8) is 0 Å². The molecule has 2 atom stereocenters. The highest BCUT2D eigenvalue weighted by Gasteiger charge is 2.24. The molecule has 0 radical (unpaired) electrons. The number of halogens is 2. The summed E-state index contributed by atoms with van der Waals surface area (Å²) < 4.78 is 13.9. The van der Waals surface area contributed by atoms with Gasteiger partial charge in [0, 0.05) is 11.1 Å². The number of hydrogen-bond acceptors (Lipinski definition) is 1. The van der Waals surface area contributed by atoms with Gasteiger partial charge in [-0.1, -0.05) is 31.0 Å². The molecule has 0 amide bonds. The Labute approximate surface area is 114 Å². The van der Waals surface area contributed by atoms with Crippen molar-refractivity contribution >= 4 is 11.6 Å². The van der Waals surface area contributed by atoms with Crippen LogP contribution in [0.1, 0.15) is 50.5 Å². The fourth-order valence-corrected chi connectivity index (χ4v) is 3.00. The SMILES string of the molecule is CCCNC1CCCC(c2ccc(Cl)cc2F)C1. The zero-order valence-corrected chi connectivity index (χ0v) is 11.6. The summed E-state index contributed by atoms with van der Waals surface area (Å²) in [6, 6.07) is 5.62. The van der Waals surface area contributed by atoms with Crippen LogP contribution in [0.2, 0.25) is 5.02 Å². The standard InChI is InChI=1S/C15H21ClFN/c1-2-8-18-13-5-3-4-11(9-13)14-7-6-12(16)10-15(14)17/h6-7,10-11,13,18H,2-5,8-9H2,1H3. The van der Waals surface area contributed by atoms with Gasteiger partial charge in [-0.25, -0.2) is 4.39 Å². The second-order valence-corrected chi connectivity index (χ2v) is 5.62. The van der Waals surface area contributed by atoms with Crippen LogP contribution in [0.15, 0.2) is 18.2 Å². The van der Waals surface area contributed by atoms with E-state index in [1.807, 2.05) is 6.07 Å². The van der Waals surface area contributed by atoms with Crippen molar-refractivity contribution in [2.45, 2.75) is 51.0 Å². The molecule has 18 heavy (non-hydrogen) atoms. The number of nitrogens with one attached hydrogen (secondary N) is 1. The summed E-state index contributed by atoms with van der Waals surface area (Å²) in [5, 5.41) is 4.03. The monoisotopic (exact) mass is 269 g/mol. The Hall–Kier alpha value is -0.600. The first-order valence-electron chi connectivity index (χ1n) is 6.89. The normalized spacial score (nSPS) is 24.2. The Morgan fingerprint density at radius 1 is 1.39 bits per heavy atom. The lowest BCUT2D eigenvalue weighted by molar-refractivity contribution is 0.335. The molecular formula is C15H21ClFN. The van der Waals surface area contributed by atoms with Gasteiger partial charge in [0.05, 0.1) is 0 Å². The fraction of sp³-hybridized carbons (Fsp3) is 0.600. The number of rotatable bonds is 4. The zero-order chi connectivity index (χ0) is 13.0. The van der Waals surface area contributed by atoms with Gasteiger partial charge in [-0.15, -0.1) is 0 Å². The molecule has 1 aromatic rings. The predicted molar refractivity (Wildman–Crippen MR) is 74.7 cm³/mol. The van der Waals surface area contributed by atoms with Gasteiger partial charge in [0.25, 0.3) is 0 Å². The molecule has 1 fully saturated rings. The Morgan fingerprint density at radius 2 is 2.22 bits per heavy atom. The molecule has 1 aromatic carbocycles. The van der Waals surface area contributed by atoms with Crippen LogP contribution in [0.25, 0.3) is 0 Å². The molecule has 100 valence electrons. The summed E-state index contributed by atoms with van der Waals surface area (Å²) in [5.74, 6) is 0.189. The van der Waals surface area contributed by atoms with Crippen molar-refractivity contribution in [1.82, 2.24) is 5.32 Å². The van der Waals surface area contributed by atoms with Gasteiger partial charge in [0.15, 0.2) is 0 Å². The van der Waals surface area contributed by atoms with E-state index in [-0.39, 0.29) is 5.82 Å². The van der Waals surface area contributed by atoms with Gasteiger partial charge >= 0.3 is 0 Å². The molecule has 0 saturated heterocycles. The Balaban J connectivity index is 2.03. The van der Waals surface area contributed by atoms with Crippen LogP contribution >= 0.6 is 11.6 Å². The van der Waals surface area contributed by atoms with Gasteiger partial charge in [-0.2, -0.15) is 0 Å². The lowest BCUT2D eigenvalue weighted by Gasteiger charge is -2.30. The summed E-state index contributed by atoms with van der Waals surface area (Å²) in [6.07, 6.45) is 5.66. The topological polar surface area (TPSA) is 12.0 Å². The lowest BCUT2D eigenvalue weighted by Crippen LogP contribution is -2.34. The van der Waals surface area contributed by atoms with Crippen molar-refractivity contribution in [1.29, 1.82) is 0 Å². The maximum Gasteiger partial charge on any atom is 0.128 e. The van der Waals surface area contributed by atoms with Crippen LogP contribution in [-0.2, 0) is 0 Å². The minimum absolute atomic E-state index is 0.149. The molecule has 1 aliphatic carbocycles. The first-order valence-corrected chi connectivity index (χ1v) is 7.26. The summed E-state index contributed by atoms with van der Waals surface area (Å²) in [4.78, 5) is 0. The van der Waals surface area contributed by atoms with Crippen LogP contribution in [-0.4, -0.2) is 12.6 Å². The molecular weight excluding hydrogens is 249 g/mol. The second-order valence-electron chi connectivity index (χ2n) is 5.18. The molecule has 0 aliphatic heterocycles. The van der Waals surface area contributed by atoms with E-state index in [2.05, 4.69) is 12.2 Å². The maximum atomic E-state index is 13.9. The van der Waals surface area contributed by atoms with E-state index in [9.17, 15) is 4.39 Å². The molecule has 1 N–H and O–H groups in total. The Bertz CT molecular complexity index is 394. The average Bonchev–Trinajstić information content (AvgIpc) is 2.36. The van der Waals surface area contributed by atoms with Crippen LogP contribution in [0.5, 0.6) is 0 Å². The van der Waals surface area contributed by atoms with Crippen LogP contribution < -0.4 is 5.32 Å².